The first-order valence-corrected chi connectivity index (χ1v) is 11.2. The van der Waals surface area contributed by atoms with E-state index in [1.165, 1.54) is 17.4 Å². The standard InChI is InChI=1S/C22H23Cl2NO3S/c1-3-10-28-22(27)20-15-7-4-13(2)11-18(15)29-21(20)25-19(26)9-6-14-5-8-16(23)17(24)12-14/h5-6,8-9,12-13H,3-4,7,10-11H2,1-2H3,(H,25,26)/b9-6+. The molecule has 0 radical (unpaired) electrons. The van der Waals surface area contributed by atoms with E-state index in [0.29, 0.717) is 33.1 Å². The monoisotopic (exact) mass is 451 g/mol. The van der Waals surface area contributed by atoms with Crippen LogP contribution in [-0.2, 0) is 22.4 Å². The van der Waals surface area contributed by atoms with Crippen LogP contribution in [0.15, 0.2) is 24.3 Å². The summed E-state index contributed by atoms with van der Waals surface area (Å²) in [4.78, 5) is 26.3. The van der Waals surface area contributed by atoms with Crippen LogP contribution in [0.1, 0.15) is 53.1 Å². The molecule has 154 valence electrons. The Morgan fingerprint density at radius 2 is 2.10 bits per heavy atom. The number of hydrogen-bond acceptors (Lipinski definition) is 4. The number of carbonyl (C=O) groups excluding carboxylic acids is 2. The summed E-state index contributed by atoms with van der Waals surface area (Å²) < 4.78 is 5.38. The Morgan fingerprint density at radius 3 is 2.83 bits per heavy atom. The third-order valence-corrected chi connectivity index (χ3v) is 6.67. The lowest BCUT2D eigenvalue weighted by molar-refractivity contribution is -0.111. The first-order chi connectivity index (χ1) is 13.9. The van der Waals surface area contributed by atoms with Gasteiger partial charge >= 0.3 is 5.97 Å². The molecule has 7 heteroatoms. The number of thiophene rings is 1. The molecule has 0 fully saturated rings. The smallest absolute Gasteiger partial charge is 0.341 e. The Hall–Kier alpha value is -1.82. The highest BCUT2D eigenvalue weighted by Crippen LogP contribution is 2.40. The first-order valence-electron chi connectivity index (χ1n) is 9.64. The third kappa shape index (κ3) is 5.41. The van der Waals surface area contributed by atoms with Crippen LogP contribution in [0.5, 0.6) is 0 Å². The van der Waals surface area contributed by atoms with Gasteiger partial charge in [-0.2, -0.15) is 0 Å². The largest absolute Gasteiger partial charge is 0.462 e. The van der Waals surface area contributed by atoms with Gasteiger partial charge in [0.25, 0.3) is 0 Å². The molecule has 0 aliphatic heterocycles. The van der Waals surface area contributed by atoms with Gasteiger partial charge in [0.05, 0.1) is 22.2 Å². The molecular formula is C22H23Cl2NO3S. The Morgan fingerprint density at radius 1 is 1.31 bits per heavy atom. The van der Waals surface area contributed by atoms with Crippen molar-refractivity contribution in [1.29, 1.82) is 0 Å². The topological polar surface area (TPSA) is 55.4 Å². The highest BCUT2D eigenvalue weighted by molar-refractivity contribution is 7.17. The Bertz CT molecular complexity index is 952. The maximum absolute atomic E-state index is 12.7. The van der Waals surface area contributed by atoms with Crippen LogP contribution < -0.4 is 5.32 Å². The molecule has 29 heavy (non-hydrogen) atoms. The van der Waals surface area contributed by atoms with Gasteiger partial charge in [-0.1, -0.05) is 43.1 Å². The lowest BCUT2D eigenvalue weighted by Crippen LogP contribution is -2.16. The number of ether oxygens (including phenoxy) is 1. The van der Waals surface area contributed by atoms with Crippen molar-refractivity contribution in [2.45, 2.75) is 39.5 Å². The summed E-state index contributed by atoms with van der Waals surface area (Å²) in [6.07, 6.45) is 6.61. The molecule has 1 aromatic carbocycles. The quantitative estimate of drug-likeness (QED) is 0.408. The summed E-state index contributed by atoms with van der Waals surface area (Å²) >= 11 is 13.4. The maximum atomic E-state index is 12.7. The van der Waals surface area contributed by atoms with Gasteiger partial charge in [-0.3, -0.25) is 4.79 Å². The molecule has 1 amide bonds. The minimum Gasteiger partial charge on any atom is -0.462 e. The number of carbonyl (C=O) groups is 2. The number of benzene rings is 1. The minimum atomic E-state index is -0.359. The van der Waals surface area contributed by atoms with E-state index in [-0.39, 0.29) is 11.9 Å². The van der Waals surface area contributed by atoms with Crippen molar-refractivity contribution in [1.82, 2.24) is 0 Å². The van der Waals surface area contributed by atoms with Crippen molar-refractivity contribution >= 4 is 57.5 Å². The molecule has 0 bridgehead atoms. The van der Waals surface area contributed by atoms with Crippen molar-refractivity contribution in [3.63, 3.8) is 0 Å². The molecule has 1 unspecified atom stereocenters. The number of rotatable bonds is 6. The highest BCUT2D eigenvalue weighted by Gasteiger charge is 2.29. The molecule has 0 saturated heterocycles. The number of anilines is 1. The molecule has 0 saturated carbocycles. The first kappa shape index (κ1) is 21.9. The van der Waals surface area contributed by atoms with E-state index in [1.54, 1.807) is 24.3 Å². The van der Waals surface area contributed by atoms with Crippen molar-refractivity contribution in [2.75, 3.05) is 11.9 Å². The molecule has 2 aromatic rings. The summed E-state index contributed by atoms with van der Waals surface area (Å²) in [6.45, 7) is 4.52. The zero-order valence-electron chi connectivity index (χ0n) is 16.4. The van der Waals surface area contributed by atoms with Crippen molar-refractivity contribution < 1.29 is 14.3 Å². The van der Waals surface area contributed by atoms with Gasteiger partial charge in [-0.15, -0.1) is 11.3 Å². The second-order valence-electron chi connectivity index (χ2n) is 7.19. The van der Waals surface area contributed by atoms with Crippen LogP contribution in [-0.4, -0.2) is 18.5 Å². The highest BCUT2D eigenvalue weighted by atomic mass is 35.5. The number of nitrogens with one attached hydrogen (secondary N) is 1. The SMILES string of the molecule is CCCOC(=O)c1c(NC(=O)/C=C/c2ccc(Cl)c(Cl)c2)sc2c1CCC(C)C2. The summed E-state index contributed by atoms with van der Waals surface area (Å²) in [7, 11) is 0. The van der Waals surface area contributed by atoms with Gasteiger partial charge in [-0.25, -0.2) is 4.79 Å². The van der Waals surface area contributed by atoms with E-state index in [0.717, 1.165) is 41.7 Å². The molecule has 1 aliphatic carbocycles. The molecule has 1 N–H and O–H groups in total. The van der Waals surface area contributed by atoms with E-state index >= 15 is 0 Å². The van der Waals surface area contributed by atoms with Crippen LogP contribution in [0, 0.1) is 5.92 Å². The number of fused-ring (bicyclic) bond motifs is 1. The maximum Gasteiger partial charge on any atom is 0.341 e. The second-order valence-corrected chi connectivity index (χ2v) is 9.11. The lowest BCUT2D eigenvalue weighted by Gasteiger charge is -2.18. The van der Waals surface area contributed by atoms with Gasteiger partial charge in [-0.05, 0) is 60.9 Å². The van der Waals surface area contributed by atoms with Crippen LogP contribution in [0.2, 0.25) is 10.0 Å². The number of halogens is 2. The minimum absolute atomic E-state index is 0.313. The average molecular weight is 452 g/mol. The second kappa shape index (κ2) is 9.79. The van der Waals surface area contributed by atoms with Crippen molar-refractivity contribution in [2.24, 2.45) is 5.92 Å². The van der Waals surface area contributed by atoms with E-state index < -0.39 is 0 Å². The molecule has 3 rings (SSSR count). The zero-order chi connectivity index (χ0) is 21.0. The third-order valence-electron chi connectivity index (χ3n) is 4.76. The van der Waals surface area contributed by atoms with Gasteiger partial charge < -0.3 is 10.1 Å². The van der Waals surface area contributed by atoms with Crippen LogP contribution in [0.25, 0.3) is 6.08 Å². The number of esters is 1. The van der Waals surface area contributed by atoms with Gasteiger partial charge in [0.15, 0.2) is 0 Å². The van der Waals surface area contributed by atoms with Crippen molar-refractivity contribution in [3.05, 3.63) is 55.9 Å². The predicted molar refractivity (Wildman–Crippen MR) is 120 cm³/mol. The fourth-order valence-corrected chi connectivity index (χ4v) is 4.97. The number of amides is 1. The van der Waals surface area contributed by atoms with E-state index in [4.69, 9.17) is 27.9 Å². The fraction of sp³-hybridized carbons (Fsp3) is 0.364. The summed E-state index contributed by atoms with van der Waals surface area (Å²) in [6, 6.07) is 5.14. The average Bonchev–Trinajstić information content (AvgIpc) is 3.03. The van der Waals surface area contributed by atoms with Crippen LogP contribution in [0.3, 0.4) is 0 Å². The Labute approximate surface area is 184 Å². The fourth-order valence-electron chi connectivity index (χ4n) is 3.26. The number of hydrogen-bond donors (Lipinski definition) is 1. The van der Waals surface area contributed by atoms with E-state index in [1.807, 2.05) is 6.92 Å². The normalized spacial score (nSPS) is 15.9. The molecule has 1 atom stereocenters. The predicted octanol–water partition coefficient (Wildman–Crippen LogP) is 6.40. The molecule has 4 nitrogen and oxygen atoms in total. The summed E-state index contributed by atoms with van der Waals surface area (Å²) in [5.74, 6) is -0.103. The molecule has 1 aliphatic rings. The van der Waals surface area contributed by atoms with Crippen LogP contribution >= 0.6 is 34.5 Å². The van der Waals surface area contributed by atoms with E-state index in [2.05, 4.69) is 12.2 Å². The van der Waals surface area contributed by atoms with E-state index in [9.17, 15) is 9.59 Å². The van der Waals surface area contributed by atoms with Gasteiger partial charge in [0.1, 0.15) is 5.00 Å². The molecular weight excluding hydrogens is 429 g/mol. The molecule has 1 heterocycles. The molecule has 1 aromatic heterocycles. The lowest BCUT2D eigenvalue weighted by atomic mass is 9.88. The van der Waals surface area contributed by atoms with Crippen molar-refractivity contribution in [3.8, 4) is 0 Å². The Kier molecular flexibility index (Phi) is 7.38. The van der Waals surface area contributed by atoms with Gasteiger partial charge in [0.2, 0.25) is 5.91 Å². The van der Waals surface area contributed by atoms with Crippen LogP contribution in [0.4, 0.5) is 5.00 Å². The Balaban J connectivity index is 1.81. The summed E-state index contributed by atoms with van der Waals surface area (Å²) in [5.41, 5.74) is 2.30. The molecule has 0 spiro atoms. The zero-order valence-corrected chi connectivity index (χ0v) is 18.7. The summed E-state index contributed by atoms with van der Waals surface area (Å²) in [5, 5.41) is 4.32. The van der Waals surface area contributed by atoms with Gasteiger partial charge in [0, 0.05) is 11.0 Å².